The number of ether oxygens (including phenoxy) is 1. The lowest BCUT2D eigenvalue weighted by molar-refractivity contribution is -0.141. The molecule has 1 aliphatic heterocycles. The number of nitrogens with zero attached hydrogens (tertiary/aromatic N) is 2. The van der Waals surface area contributed by atoms with Gasteiger partial charge in [-0.15, -0.1) is 0 Å². The van der Waals surface area contributed by atoms with Crippen molar-refractivity contribution in [3.8, 4) is 5.75 Å². The summed E-state index contributed by atoms with van der Waals surface area (Å²) in [5.74, 6) is -0.683. The number of carbonyl (C=O) groups is 2. The third-order valence-electron chi connectivity index (χ3n) is 7.32. The van der Waals surface area contributed by atoms with Crippen molar-refractivity contribution in [2.24, 2.45) is 0 Å². The van der Waals surface area contributed by atoms with Crippen LogP contribution in [0.3, 0.4) is 0 Å². The van der Waals surface area contributed by atoms with Crippen molar-refractivity contribution in [2.45, 2.75) is 55.8 Å². The Morgan fingerprint density at radius 2 is 1.80 bits per heavy atom. The first-order valence-electron chi connectivity index (χ1n) is 11.9. The van der Waals surface area contributed by atoms with E-state index in [1.165, 1.54) is 5.56 Å². The molecule has 2 aliphatic rings. The fraction of sp³-hybridized carbons (Fsp3) is 0.462. The third-order valence-corrected chi connectivity index (χ3v) is 7.54. The van der Waals surface area contributed by atoms with Crippen LogP contribution in [0.15, 0.2) is 48.5 Å². The fourth-order valence-corrected chi connectivity index (χ4v) is 5.68. The van der Waals surface area contributed by atoms with E-state index in [2.05, 4.69) is 48.6 Å². The van der Waals surface area contributed by atoms with Crippen molar-refractivity contribution in [1.29, 1.82) is 0 Å². The number of nitrogens with one attached hydrogen (secondary N) is 1. The van der Waals surface area contributed by atoms with Gasteiger partial charge in [-0.05, 0) is 57.5 Å². The van der Waals surface area contributed by atoms with Crippen molar-refractivity contribution in [3.63, 3.8) is 0 Å². The van der Waals surface area contributed by atoms with Crippen LogP contribution in [0.1, 0.15) is 37.7 Å². The average molecular weight is 502 g/mol. The molecule has 188 valence electrons. The van der Waals surface area contributed by atoms with Crippen LogP contribution in [-0.4, -0.2) is 70.9 Å². The molecule has 1 saturated carbocycles. The summed E-state index contributed by atoms with van der Waals surface area (Å²) >= 11 is 6.35. The zero-order valence-corrected chi connectivity index (χ0v) is 20.7. The van der Waals surface area contributed by atoms with Crippen LogP contribution in [0.25, 0.3) is 0 Å². The summed E-state index contributed by atoms with van der Waals surface area (Å²) in [6, 6.07) is 15.2. The van der Waals surface area contributed by atoms with Gasteiger partial charge in [-0.1, -0.05) is 41.9 Å². The summed E-state index contributed by atoms with van der Waals surface area (Å²) in [6.45, 7) is -0.00367. The van der Waals surface area contributed by atoms with E-state index in [1.807, 2.05) is 18.2 Å². The van der Waals surface area contributed by atoms with Gasteiger partial charge in [0.15, 0.2) is 0 Å². The molecule has 0 bridgehead atoms. The summed E-state index contributed by atoms with van der Waals surface area (Å²) in [6.07, 6.45) is 2.30. The van der Waals surface area contributed by atoms with Gasteiger partial charge >= 0.3 is 12.1 Å². The van der Waals surface area contributed by atoms with Gasteiger partial charge in [0.1, 0.15) is 17.9 Å². The van der Waals surface area contributed by atoms with E-state index in [4.69, 9.17) is 16.3 Å². The molecular formula is C26H32ClN3O5. The minimum absolute atomic E-state index is 0.00367. The number of carboxylic acids is 1. The number of rotatable bonds is 7. The summed E-state index contributed by atoms with van der Waals surface area (Å²) in [7, 11) is 4.29. The maximum absolute atomic E-state index is 11.4. The number of aliphatic carboxylic acids is 1. The topological polar surface area (TPSA) is 102 Å². The average Bonchev–Trinajstić information content (AvgIpc) is 3.24. The van der Waals surface area contributed by atoms with Crippen LogP contribution in [0.5, 0.6) is 5.75 Å². The minimum Gasteiger partial charge on any atom is -0.488 e. The van der Waals surface area contributed by atoms with Gasteiger partial charge in [0, 0.05) is 34.8 Å². The molecule has 1 aliphatic carbocycles. The van der Waals surface area contributed by atoms with Crippen molar-refractivity contribution in [2.75, 3.05) is 26.0 Å². The molecule has 3 N–H and O–H groups in total. The minimum atomic E-state index is -1.27. The molecule has 0 radical (unpaired) electrons. The first kappa shape index (κ1) is 25.1. The summed E-state index contributed by atoms with van der Waals surface area (Å²) in [4.78, 5) is 26.1. The zero-order valence-electron chi connectivity index (χ0n) is 20.0. The van der Waals surface area contributed by atoms with Crippen LogP contribution >= 0.6 is 11.6 Å². The van der Waals surface area contributed by atoms with E-state index in [0.717, 1.165) is 36.3 Å². The monoisotopic (exact) mass is 501 g/mol. The zero-order chi connectivity index (χ0) is 25.2. The molecule has 2 aromatic carbocycles. The molecule has 1 heterocycles. The Morgan fingerprint density at radius 1 is 1.11 bits per heavy atom. The molecule has 0 spiro atoms. The Morgan fingerprint density at radius 3 is 2.37 bits per heavy atom. The normalized spacial score (nSPS) is 26.5. The van der Waals surface area contributed by atoms with E-state index in [1.54, 1.807) is 6.07 Å². The molecule has 1 saturated heterocycles. The smallest absolute Gasteiger partial charge is 0.408 e. The predicted molar refractivity (Wildman–Crippen MR) is 134 cm³/mol. The number of hydrogen-bond acceptors (Lipinski definition) is 5. The van der Waals surface area contributed by atoms with Crippen molar-refractivity contribution >= 4 is 29.4 Å². The van der Waals surface area contributed by atoms with E-state index in [-0.39, 0.29) is 24.5 Å². The maximum Gasteiger partial charge on any atom is 0.408 e. The number of hydrogen-bond donors (Lipinski definition) is 3. The molecular weight excluding hydrogens is 470 g/mol. The van der Waals surface area contributed by atoms with Gasteiger partial charge in [0.25, 0.3) is 0 Å². The highest BCUT2D eigenvalue weighted by atomic mass is 35.5. The van der Waals surface area contributed by atoms with Crippen LogP contribution in [0.4, 0.5) is 10.5 Å². The van der Waals surface area contributed by atoms with Gasteiger partial charge < -0.3 is 20.3 Å². The van der Waals surface area contributed by atoms with Gasteiger partial charge in [-0.2, -0.15) is 0 Å². The second-order valence-electron chi connectivity index (χ2n) is 9.65. The second-order valence-corrected chi connectivity index (χ2v) is 10.1. The lowest BCUT2D eigenvalue weighted by atomic mass is 9.74. The Labute approximate surface area is 210 Å². The molecule has 2 aromatic rings. The number of anilines is 1. The predicted octanol–water partition coefficient (Wildman–Crippen LogP) is 4.74. The Balaban J connectivity index is 1.41. The summed E-state index contributed by atoms with van der Waals surface area (Å²) in [5.41, 5.74) is 2.19. The molecule has 4 rings (SSSR count). The first-order chi connectivity index (χ1) is 16.7. The summed E-state index contributed by atoms with van der Waals surface area (Å²) < 4.78 is 5.97. The highest BCUT2D eigenvalue weighted by molar-refractivity contribution is 6.31. The van der Waals surface area contributed by atoms with Gasteiger partial charge in [-0.25, -0.2) is 9.59 Å². The molecule has 0 aromatic heterocycles. The Kier molecular flexibility index (Phi) is 7.42. The quantitative estimate of drug-likeness (QED) is 0.503. The van der Waals surface area contributed by atoms with Crippen molar-refractivity contribution < 1.29 is 24.5 Å². The largest absolute Gasteiger partial charge is 0.488 e. The van der Waals surface area contributed by atoms with E-state index < -0.39 is 24.2 Å². The number of halogens is 1. The highest BCUT2D eigenvalue weighted by Crippen LogP contribution is 2.42. The van der Waals surface area contributed by atoms with Gasteiger partial charge in [0.2, 0.25) is 0 Å². The van der Waals surface area contributed by atoms with Crippen molar-refractivity contribution in [1.82, 2.24) is 9.80 Å². The molecule has 1 amide bonds. The Bertz CT molecular complexity index is 1030. The first-order valence-corrected chi connectivity index (χ1v) is 12.2. The molecule has 0 unspecified atom stereocenters. The highest BCUT2D eigenvalue weighted by Gasteiger charge is 2.41. The number of likely N-dealkylation sites (tertiary alicyclic amines) is 1. The van der Waals surface area contributed by atoms with E-state index in [9.17, 15) is 19.8 Å². The second kappa shape index (κ2) is 10.3. The van der Waals surface area contributed by atoms with E-state index >= 15 is 0 Å². The lowest BCUT2D eigenvalue weighted by Gasteiger charge is -2.46. The standard InChI is InChI=1S/C26H32ClN3O5/c1-29(2)26(17-6-4-3-5-7-17)10-8-19(9-11-26)28-20-12-18(27)13-21(14-20)35-22-15-23(24(31)32)30(16-22)25(33)34/h3-7,12-14,19,22-23,28H,8-11,15-16H2,1-2H3,(H,31,32)(H,33,34)/t19?,22-,23-,26?/m0/s1. The van der Waals surface area contributed by atoms with Crippen LogP contribution < -0.4 is 10.1 Å². The van der Waals surface area contributed by atoms with Crippen LogP contribution in [0, 0.1) is 0 Å². The molecule has 35 heavy (non-hydrogen) atoms. The molecule has 2 atom stereocenters. The maximum atomic E-state index is 11.4. The molecule has 2 fully saturated rings. The summed E-state index contributed by atoms with van der Waals surface area (Å²) in [5, 5.41) is 22.7. The molecule has 8 nitrogen and oxygen atoms in total. The van der Waals surface area contributed by atoms with Crippen molar-refractivity contribution in [3.05, 3.63) is 59.1 Å². The Hall–Kier alpha value is -2.97. The number of carboxylic acid groups (broad SMARTS) is 2. The van der Waals surface area contributed by atoms with Crippen LogP contribution in [0.2, 0.25) is 5.02 Å². The van der Waals surface area contributed by atoms with E-state index in [0.29, 0.717) is 10.8 Å². The SMILES string of the molecule is CN(C)C1(c2ccccc2)CCC(Nc2cc(Cl)cc(O[C@H]3C[C@@H](C(=O)O)N(C(=O)O)C3)c2)CC1. The molecule has 9 heteroatoms. The van der Waals surface area contributed by atoms with Gasteiger partial charge in [-0.3, -0.25) is 9.80 Å². The van der Waals surface area contributed by atoms with Gasteiger partial charge in [0.05, 0.1) is 6.54 Å². The number of benzene rings is 2. The fourth-order valence-electron chi connectivity index (χ4n) is 5.45. The van der Waals surface area contributed by atoms with Crippen LogP contribution in [-0.2, 0) is 10.3 Å². The lowest BCUT2D eigenvalue weighted by Crippen LogP contribution is -2.46. The third kappa shape index (κ3) is 5.49. The number of amides is 1.